The zero-order valence-corrected chi connectivity index (χ0v) is 12.9. The van der Waals surface area contributed by atoms with Crippen molar-refractivity contribution in [3.63, 3.8) is 0 Å². The molecule has 0 heterocycles. The van der Waals surface area contributed by atoms with E-state index in [2.05, 4.69) is 0 Å². The molecule has 5 heteroatoms. The molecule has 0 saturated heterocycles. The van der Waals surface area contributed by atoms with Crippen LogP contribution in [0.5, 0.6) is 0 Å². The average molecular weight is 302 g/mol. The first-order valence-corrected chi connectivity index (χ1v) is 7.85. The minimum absolute atomic E-state index is 0.0206. The van der Waals surface area contributed by atoms with E-state index in [1.165, 1.54) is 31.4 Å². The second-order valence-corrected chi connectivity index (χ2v) is 5.57. The number of carbonyl (C=O) groups is 1. The van der Waals surface area contributed by atoms with Crippen LogP contribution in [0.15, 0.2) is 30.3 Å². The lowest BCUT2D eigenvalue weighted by Crippen LogP contribution is -2.40. The molecule has 1 fully saturated rings. The molecule has 0 spiro atoms. The van der Waals surface area contributed by atoms with Gasteiger partial charge in [-0.05, 0) is 31.9 Å². The molecule has 0 atom stereocenters. The fraction of sp³-hybridized carbons (Fsp3) is 0.471. The van der Waals surface area contributed by atoms with Crippen LogP contribution < -0.4 is 0 Å². The van der Waals surface area contributed by atoms with E-state index in [4.69, 9.17) is 0 Å². The second-order valence-electron chi connectivity index (χ2n) is 5.57. The number of nitro groups is 1. The van der Waals surface area contributed by atoms with Gasteiger partial charge in [0.15, 0.2) is 0 Å². The number of amides is 1. The van der Waals surface area contributed by atoms with E-state index >= 15 is 0 Å². The number of carbonyl (C=O) groups excluding carboxylic acids is 1. The Labute approximate surface area is 130 Å². The minimum Gasteiger partial charge on any atom is -0.336 e. The van der Waals surface area contributed by atoms with Gasteiger partial charge in [0.1, 0.15) is 0 Å². The number of benzene rings is 1. The van der Waals surface area contributed by atoms with Crippen molar-refractivity contribution in [2.75, 3.05) is 6.54 Å². The standard InChI is InChI=1S/C17H22N2O3/c1-2-18(15-9-4-3-5-10-15)17(20)13-12-14-8-6-7-11-16(14)19(21)22/h6-8,11-13,15H,2-5,9-10H2,1H3/b13-12+. The summed E-state index contributed by atoms with van der Waals surface area (Å²) in [6.07, 6.45) is 8.70. The van der Waals surface area contributed by atoms with E-state index in [1.807, 2.05) is 11.8 Å². The average Bonchev–Trinajstić information content (AvgIpc) is 2.55. The third-order valence-electron chi connectivity index (χ3n) is 4.18. The Balaban J connectivity index is 2.11. The molecule has 1 amide bonds. The number of hydrogen-bond donors (Lipinski definition) is 0. The van der Waals surface area contributed by atoms with Gasteiger partial charge in [-0.25, -0.2) is 0 Å². The molecular weight excluding hydrogens is 280 g/mol. The molecule has 0 N–H and O–H groups in total. The Morgan fingerprint density at radius 2 is 2.00 bits per heavy atom. The molecule has 2 rings (SSSR count). The van der Waals surface area contributed by atoms with Gasteiger partial charge in [-0.15, -0.1) is 0 Å². The fourth-order valence-electron chi connectivity index (χ4n) is 3.04. The van der Waals surface area contributed by atoms with Crippen molar-refractivity contribution in [2.24, 2.45) is 0 Å². The van der Waals surface area contributed by atoms with Gasteiger partial charge in [-0.2, -0.15) is 0 Å². The van der Waals surface area contributed by atoms with Gasteiger partial charge in [0.2, 0.25) is 5.91 Å². The zero-order valence-electron chi connectivity index (χ0n) is 12.9. The number of hydrogen-bond acceptors (Lipinski definition) is 3. The van der Waals surface area contributed by atoms with Crippen LogP contribution in [0, 0.1) is 10.1 Å². The van der Waals surface area contributed by atoms with E-state index in [-0.39, 0.29) is 11.6 Å². The van der Waals surface area contributed by atoms with Crippen molar-refractivity contribution in [2.45, 2.75) is 45.1 Å². The van der Waals surface area contributed by atoms with Crippen LogP contribution in [0.2, 0.25) is 0 Å². The normalized spacial score (nSPS) is 15.9. The van der Waals surface area contributed by atoms with Gasteiger partial charge >= 0.3 is 0 Å². The quantitative estimate of drug-likeness (QED) is 0.472. The van der Waals surface area contributed by atoms with Gasteiger partial charge in [0.25, 0.3) is 5.69 Å². The first-order chi connectivity index (χ1) is 10.6. The van der Waals surface area contributed by atoms with Crippen LogP contribution in [0.4, 0.5) is 5.69 Å². The summed E-state index contributed by atoms with van der Waals surface area (Å²) in [5.74, 6) is -0.0625. The smallest absolute Gasteiger partial charge is 0.276 e. The van der Waals surface area contributed by atoms with Crippen LogP contribution >= 0.6 is 0 Å². The number of likely N-dealkylation sites (N-methyl/N-ethyl adjacent to an activating group) is 1. The second kappa shape index (κ2) is 7.73. The van der Waals surface area contributed by atoms with Crippen molar-refractivity contribution >= 4 is 17.7 Å². The van der Waals surface area contributed by atoms with Crippen molar-refractivity contribution in [1.82, 2.24) is 4.90 Å². The highest BCUT2D eigenvalue weighted by Gasteiger charge is 2.22. The van der Waals surface area contributed by atoms with Crippen molar-refractivity contribution in [3.05, 3.63) is 46.0 Å². The van der Waals surface area contributed by atoms with Crippen LogP contribution in [0.3, 0.4) is 0 Å². The van der Waals surface area contributed by atoms with Crippen LogP contribution in [-0.2, 0) is 4.79 Å². The minimum atomic E-state index is -0.428. The molecule has 1 aliphatic carbocycles. The van der Waals surface area contributed by atoms with Crippen LogP contribution in [0.25, 0.3) is 6.08 Å². The molecule has 1 aromatic rings. The summed E-state index contributed by atoms with van der Waals surface area (Å²) in [4.78, 5) is 24.8. The third-order valence-corrected chi connectivity index (χ3v) is 4.18. The summed E-state index contributed by atoms with van der Waals surface area (Å²) in [6, 6.07) is 6.76. The van der Waals surface area contributed by atoms with Gasteiger partial charge in [-0.3, -0.25) is 14.9 Å². The summed E-state index contributed by atoms with van der Waals surface area (Å²) in [6.45, 7) is 2.65. The molecule has 0 bridgehead atoms. The Morgan fingerprint density at radius 1 is 1.32 bits per heavy atom. The van der Waals surface area contributed by atoms with E-state index in [9.17, 15) is 14.9 Å². The Bertz CT molecular complexity index is 563. The molecule has 1 saturated carbocycles. The number of para-hydroxylation sites is 1. The van der Waals surface area contributed by atoms with Crippen LogP contribution in [-0.4, -0.2) is 28.3 Å². The molecule has 1 aliphatic rings. The largest absolute Gasteiger partial charge is 0.336 e. The maximum Gasteiger partial charge on any atom is 0.276 e. The molecule has 0 unspecified atom stereocenters. The lowest BCUT2D eigenvalue weighted by Gasteiger charge is -2.32. The Kier molecular flexibility index (Phi) is 5.69. The van der Waals surface area contributed by atoms with Crippen LogP contribution in [0.1, 0.15) is 44.6 Å². The molecule has 0 aromatic heterocycles. The predicted molar refractivity (Wildman–Crippen MR) is 86.4 cm³/mol. The zero-order chi connectivity index (χ0) is 15.9. The summed E-state index contributed by atoms with van der Waals surface area (Å²) in [5.41, 5.74) is 0.479. The molecule has 0 aliphatic heterocycles. The summed E-state index contributed by atoms with van der Waals surface area (Å²) < 4.78 is 0. The summed E-state index contributed by atoms with van der Waals surface area (Å²) >= 11 is 0. The number of nitro benzene ring substituents is 1. The number of rotatable bonds is 5. The molecule has 0 radical (unpaired) electrons. The topological polar surface area (TPSA) is 63.5 Å². The van der Waals surface area contributed by atoms with Crippen molar-refractivity contribution in [1.29, 1.82) is 0 Å². The van der Waals surface area contributed by atoms with Crippen molar-refractivity contribution in [3.8, 4) is 0 Å². The molecule has 5 nitrogen and oxygen atoms in total. The highest BCUT2D eigenvalue weighted by atomic mass is 16.6. The van der Waals surface area contributed by atoms with Gasteiger partial charge in [0.05, 0.1) is 10.5 Å². The fourth-order valence-corrected chi connectivity index (χ4v) is 3.04. The van der Waals surface area contributed by atoms with Gasteiger partial charge < -0.3 is 4.90 Å². The Hall–Kier alpha value is -2.17. The van der Waals surface area contributed by atoms with Crippen molar-refractivity contribution < 1.29 is 9.72 Å². The van der Waals surface area contributed by atoms with E-state index in [1.54, 1.807) is 24.3 Å². The highest BCUT2D eigenvalue weighted by molar-refractivity contribution is 5.92. The first kappa shape index (κ1) is 16.2. The van der Waals surface area contributed by atoms with E-state index in [0.717, 1.165) is 12.8 Å². The van der Waals surface area contributed by atoms with E-state index < -0.39 is 4.92 Å². The Morgan fingerprint density at radius 3 is 2.64 bits per heavy atom. The maximum atomic E-state index is 12.4. The summed E-state index contributed by atoms with van der Waals surface area (Å²) in [5, 5.41) is 11.0. The van der Waals surface area contributed by atoms with Gasteiger partial charge in [-0.1, -0.05) is 31.4 Å². The summed E-state index contributed by atoms with van der Waals surface area (Å²) in [7, 11) is 0. The SMILES string of the molecule is CCN(C(=O)/C=C/c1ccccc1[N+](=O)[O-])C1CCCCC1. The lowest BCUT2D eigenvalue weighted by molar-refractivity contribution is -0.385. The lowest BCUT2D eigenvalue weighted by atomic mass is 9.94. The molecule has 22 heavy (non-hydrogen) atoms. The number of nitrogens with zero attached hydrogens (tertiary/aromatic N) is 2. The molecular formula is C17H22N2O3. The molecule has 118 valence electrons. The van der Waals surface area contributed by atoms with E-state index in [0.29, 0.717) is 18.2 Å². The third kappa shape index (κ3) is 3.93. The highest BCUT2D eigenvalue weighted by Crippen LogP contribution is 2.23. The molecule has 1 aromatic carbocycles. The monoisotopic (exact) mass is 302 g/mol. The predicted octanol–water partition coefficient (Wildman–Crippen LogP) is 3.79. The van der Waals surface area contributed by atoms with Gasteiger partial charge in [0, 0.05) is 24.7 Å². The maximum absolute atomic E-state index is 12.4. The first-order valence-electron chi connectivity index (χ1n) is 7.85.